The molecule has 0 aliphatic rings. The first-order valence-corrected chi connectivity index (χ1v) is 3.55. The van der Waals surface area contributed by atoms with Crippen molar-refractivity contribution in [2.45, 2.75) is 19.8 Å². The first-order chi connectivity index (χ1) is 5.66. The molecular weight excluding hydrogens is 158 g/mol. The van der Waals surface area contributed by atoms with Gasteiger partial charge in [0.1, 0.15) is 0 Å². The van der Waals surface area contributed by atoms with Crippen LogP contribution in [0.15, 0.2) is 0 Å². The number of rotatable bonds is 4. The Balaban J connectivity index is 3.44. The maximum atomic E-state index is 10.8. The number of carbonyl (C=O) groups is 2. The van der Waals surface area contributed by atoms with E-state index in [9.17, 15) is 9.59 Å². The maximum Gasteiger partial charge on any atom is 0.303 e. The summed E-state index contributed by atoms with van der Waals surface area (Å²) in [6.45, 7) is 1.96. The molecule has 2 N–H and O–H groups in total. The number of aliphatic carboxylic acids is 1. The van der Waals surface area contributed by atoms with Gasteiger partial charge in [-0.25, -0.2) is 0 Å². The lowest BCUT2D eigenvalue weighted by molar-refractivity contribution is -0.138. The van der Waals surface area contributed by atoms with E-state index in [1.54, 1.807) is 6.92 Å². The quantitative estimate of drug-likeness (QED) is 0.582. The van der Waals surface area contributed by atoms with Crippen molar-refractivity contribution in [3.8, 4) is 11.8 Å². The molecule has 0 unspecified atom stereocenters. The molecule has 4 nitrogen and oxygen atoms in total. The van der Waals surface area contributed by atoms with Crippen LogP contribution in [0.1, 0.15) is 19.8 Å². The lowest BCUT2D eigenvalue weighted by atomic mass is 10.3. The van der Waals surface area contributed by atoms with Crippen LogP contribution < -0.4 is 5.32 Å². The lowest BCUT2D eigenvalue weighted by Gasteiger charge is -1.97. The van der Waals surface area contributed by atoms with E-state index in [0.29, 0.717) is 0 Å². The average molecular weight is 169 g/mol. The van der Waals surface area contributed by atoms with E-state index in [4.69, 9.17) is 5.11 Å². The average Bonchev–Trinajstić information content (AvgIpc) is 2.01. The van der Waals surface area contributed by atoms with E-state index in [1.807, 2.05) is 0 Å². The van der Waals surface area contributed by atoms with E-state index < -0.39 is 5.97 Å². The number of carboxylic acids is 1. The van der Waals surface area contributed by atoms with E-state index in [1.165, 1.54) is 0 Å². The van der Waals surface area contributed by atoms with Crippen molar-refractivity contribution >= 4 is 11.9 Å². The largest absolute Gasteiger partial charge is 0.481 e. The third-order valence-electron chi connectivity index (χ3n) is 1.12. The van der Waals surface area contributed by atoms with Gasteiger partial charge in [0.05, 0.1) is 13.0 Å². The molecule has 1 amide bonds. The highest BCUT2D eigenvalue weighted by Crippen LogP contribution is 1.87. The molecule has 0 aliphatic heterocycles. The number of nitrogens with one attached hydrogen (secondary N) is 1. The highest BCUT2D eigenvalue weighted by atomic mass is 16.4. The number of hydrogen-bond donors (Lipinski definition) is 2. The molecule has 12 heavy (non-hydrogen) atoms. The van der Waals surface area contributed by atoms with Crippen molar-refractivity contribution < 1.29 is 14.7 Å². The fourth-order valence-corrected chi connectivity index (χ4v) is 0.540. The molecule has 0 rings (SSSR count). The Kier molecular flexibility index (Phi) is 5.45. The molecule has 66 valence electrons. The minimum Gasteiger partial charge on any atom is -0.481 e. The van der Waals surface area contributed by atoms with Gasteiger partial charge in [-0.3, -0.25) is 9.59 Å². The van der Waals surface area contributed by atoms with Crippen molar-refractivity contribution in [1.82, 2.24) is 5.32 Å². The standard InChI is InChI=1S/C8H11NO3/c1-2-3-6-9-7(10)4-5-8(11)12/h4-6H2,1H3,(H,9,10)(H,11,12). The van der Waals surface area contributed by atoms with Crippen LogP contribution in [0.25, 0.3) is 0 Å². The molecule has 0 atom stereocenters. The van der Waals surface area contributed by atoms with Crippen molar-refractivity contribution in [1.29, 1.82) is 0 Å². The van der Waals surface area contributed by atoms with Crippen LogP contribution in [-0.2, 0) is 9.59 Å². The smallest absolute Gasteiger partial charge is 0.303 e. The van der Waals surface area contributed by atoms with Crippen LogP contribution >= 0.6 is 0 Å². The molecular formula is C8H11NO3. The van der Waals surface area contributed by atoms with Crippen molar-refractivity contribution in [2.24, 2.45) is 0 Å². The summed E-state index contributed by atoms with van der Waals surface area (Å²) in [5.41, 5.74) is 0. The second-order valence-electron chi connectivity index (χ2n) is 2.10. The summed E-state index contributed by atoms with van der Waals surface area (Å²) in [6.07, 6.45) is -0.119. The number of carbonyl (C=O) groups excluding carboxylic acids is 1. The molecule has 0 aliphatic carbocycles. The summed E-state index contributed by atoms with van der Waals surface area (Å²) >= 11 is 0. The number of amides is 1. The summed E-state index contributed by atoms with van der Waals surface area (Å²) in [4.78, 5) is 20.8. The van der Waals surface area contributed by atoms with Gasteiger partial charge in [-0.1, -0.05) is 5.92 Å². The Morgan fingerprint density at radius 1 is 1.42 bits per heavy atom. The lowest BCUT2D eigenvalue weighted by Crippen LogP contribution is -2.23. The summed E-state index contributed by atoms with van der Waals surface area (Å²) in [5.74, 6) is 4.00. The molecule has 0 radical (unpaired) electrons. The van der Waals surface area contributed by atoms with Gasteiger partial charge in [0.15, 0.2) is 0 Å². The summed E-state index contributed by atoms with van der Waals surface area (Å²) < 4.78 is 0. The highest BCUT2D eigenvalue weighted by molar-refractivity contribution is 5.80. The van der Waals surface area contributed by atoms with Crippen LogP contribution in [0, 0.1) is 11.8 Å². The Morgan fingerprint density at radius 3 is 2.58 bits per heavy atom. The van der Waals surface area contributed by atoms with Crippen LogP contribution in [0.5, 0.6) is 0 Å². The van der Waals surface area contributed by atoms with Gasteiger partial charge in [-0.15, -0.1) is 5.92 Å². The minimum absolute atomic E-state index is 0.0146. The third-order valence-corrected chi connectivity index (χ3v) is 1.12. The molecule has 0 aromatic carbocycles. The van der Waals surface area contributed by atoms with Gasteiger partial charge in [-0.05, 0) is 6.92 Å². The molecule has 0 bridgehead atoms. The van der Waals surface area contributed by atoms with E-state index in [2.05, 4.69) is 17.2 Å². The minimum atomic E-state index is -0.966. The van der Waals surface area contributed by atoms with Gasteiger partial charge in [0, 0.05) is 6.42 Å². The first-order valence-electron chi connectivity index (χ1n) is 3.55. The molecule has 4 heteroatoms. The van der Waals surface area contributed by atoms with Gasteiger partial charge < -0.3 is 10.4 Å². The molecule has 0 aromatic rings. The van der Waals surface area contributed by atoms with E-state index in [-0.39, 0.29) is 25.3 Å². The summed E-state index contributed by atoms with van der Waals surface area (Å²) in [5, 5.41) is 10.7. The third kappa shape index (κ3) is 6.62. The monoisotopic (exact) mass is 169 g/mol. The van der Waals surface area contributed by atoms with Crippen molar-refractivity contribution in [3.05, 3.63) is 0 Å². The van der Waals surface area contributed by atoms with Gasteiger partial charge in [-0.2, -0.15) is 0 Å². The fourth-order valence-electron chi connectivity index (χ4n) is 0.540. The Hall–Kier alpha value is -1.50. The zero-order valence-electron chi connectivity index (χ0n) is 6.89. The normalized spacial score (nSPS) is 8.08. The second-order valence-corrected chi connectivity index (χ2v) is 2.10. The van der Waals surface area contributed by atoms with Crippen LogP contribution in [0.4, 0.5) is 0 Å². The maximum absolute atomic E-state index is 10.8. The Bertz CT molecular complexity index is 224. The van der Waals surface area contributed by atoms with Crippen LogP contribution in [-0.4, -0.2) is 23.5 Å². The van der Waals surface area contributed by atoms with Gasteiger partial charge in [0.2, 0.25) is 5.91 Å². The van der Waals surface area contributed by atoms with Crippen molar-refractivity contribution in [2.75, 3.05) is 6.54 Å². The SMILES string of the molecule is CC#CCNC(=O)CCC(=O)O. The molecule has 0 saturated carbocycles. The highest BCUT2D eigenvalue weighted by Gasteiger charge is 2.02. The molecule has 0 fully saturated rings. The molecule has 0 spiro atoms. The zero-order valence-corrected chi connectivity index (χ0v) is 6.89. The predicted molar refractivity (Wildman–Crippen MR) is 43.3 cm³/mol. The summed E-state index contributed by atoms with van der Waals surface area (Å²) in [6, 6.07) is 0. The zero-order chi connectivity index (χ0) is 9.40. The molecule has 0 heterocycles. The first kappa shape index (κ1) is 10.5. The fraction of sp³-hybridized carbons (Fsp3) is 0.500. The van der Waals surface area contributed by atoms with Crippen molar-refractivity contribution in [3.63, 3.8) is 0 Å². The van der Waals surface area contributed by atoms with Gasteiger partial charge >= 0.3 is 5.97 Å². The van der Waals surface area contributed by atoms with Gasteiger partial charge in [0.25, 0.3) is 0 Å². The number of hydrogen-bond acceptors (Lipinski definition) is 2. The Labute approximate surface area is 71.0 Å². The molecule has 0 aromatic heterocycles. The number of carboxylic acid groups (broad SMARTS) is 1. The predicted octanol–water partition coefficient (Wildman–Crippen LogP) is -0.00930. The van der Waals surface area contributed by atoms with E-state index >= 15 is 0 Å². The van der Waals surface area contributed by atoms with Crippen LogP contribution in [0.3, 0.4) is 0 Å². The summed E-state index contributed by atoms with van der Waals surface area (Å²) in [7, 11) is 0. The Morgan fingerprint density at radius 2 is 2.08 bits per heavy atom. The van der Waals surface area contributed by atoms with Crippen LogP contribution in [0.2, 0.25) is 0 Å². The molecule has 0 saturated heterocycles. The van der Waals surface area contributed by atoms with E-state index in [0.717, 1.165) is 0 Å². The second kappa shape index (κ2) is 6.23. The topological polar surface area (TPSA) is 66.4 Å².